The van der Waals surface area contributed by atoms with Gasteiger partial charge in [-0.05, 0) is 37.0 Å². The Hall–Kier alpha value is -2.47. The van der Waals surface area contributed by atoms with Crippen LogP contribution in [0.1, 0.15) is 27.2 Å². The number of rotatable bonds is 3. The van der Waals surface area contributed by atoms with E-state index in [2.05, 4.69) is 15.3 Å². The molecule has 0 amide bonds. The van der Waals surface area contributed by atoms with E-state index in [0.29, 0.717) is 11.5 Å². The van der Waals surface area contributed by atoms with Gasteiger partial charge in [0.05, 0.1) is 16.6 Å². The molecule has 0 atom stereocenters. The Morgan fingerprint density at radius 3 is 2.95 bits per heavy atom. The highest BCUT2D eigenvalue weighted by Gasteiger charge is 2.21. The van der Waals surface area contributed by atoms with Crippen LogP contribution in [0.5, 0.6) is 0 Å². The number of nitrogens with one attached hydrogen (secondary N) is 1. The summed E-state index contributed by atoms with van der Waals surface area (Å²) in [6.45, 7) is 0. The number of aromatic carboxylic acids is 1. The minimum Gasteiger partial charge on any atom is -0.478 e. The third-order valence-electron chi connectivity index (χ3n) is 3.91. The number of carboxylic acids is 1. The SMILES string of the molecule is O=C(O)c1ccccc1Nc1ncnc2sc3c(c12)CCC3. The lowest BCUT2D eigenvalue weighted by Crippen LogP contribution is -2.04. The first-order valence-corrected chi connectivity index (χ1v) is 7.90. The summed E-state index contributed by atoms with van der Waals surface area (Å²) in [6, 6.07) is 6.86. The number of hydrogen-bond acceptors (Lipinski definition) is 5. The van der Waals surface area contributed by atoms with Gasteiger partial charge in [0, 0.05) is 4.88 Å². The highest BCUT2D eigenvalue weighted by molar-refractivity contribution is 7.19. The first-order chi connectivity index (χ1) is 10.7. The Kier molecular flexibility index (Phi) is 3.04. The molecular weight excluding hydrogens is 298 g/mol. The van der Waals surface area contributed by atoms with Crippen molar-refractivity contribution < 1.29 is 9.90 Å². The lowest BCUT2D eigenvalue weighted by molar-refractivity contribution is 0.0698. The van der Waals surface area contributed by atoms with Crippen LogP contribution in [0.15, 0.2) is 30.6 Å². The molecule has 6 heteroatoms. The molecule has 0 unspecified atom stereocenters. The molecule has 0 bridgehead atoms. The maximum absolute atomic E-state index is 11.3. The monoisotopic (exact) mass is 311 g/mol. The van der Waals surface area contributed by atoms with Crippen molar-refractivity contribution in [3.8, 4) is 0 Å². The van der Waals surface area contributed by atoms with Gasteiger partial charge in [-0.2, -0.15) is 0 Å². The fraction of sp³-hybridized carbons (Fsp3) is 0.188. The van der Waals surface area contributed by atoms with Gasteiger partial charge in [-0.3, -0.25) is 0 Å². The lowest BCUT2D eigenvalue weighted by atomic mass is 10.1. The molecule has 0 saturated carbocycles. The fourth-order valence-electron chi connectivity index (χ4n) is 2.93. The van der Waals surface area contributed by atoms with Crippen molar-refractivity contribution in [2.75, 3.05) is 5.32 Å². The van der Waals surface area contributed by atoms with Crippen molar-refractivity contribution in [2.24, 2.45) is 0 Å². The van der Waals surface area contributed by atoms with Crippen molar-refractivity contribution in [1.82, 2.24) is 9.97 Å². The Morgan fingerprint density at radius 1 is 1.23 bits per heavy atom. The number of hydrogen-bond donors (Lipinski definition) is 2. The van der Waals surface area contributed by atoms with Crippen molar-refractivity contribution >= 4 is 39.0 Å². The zero-order chi connectivity index (χ0) is 15.1. The highest BCUT2D eigenvalue weighted by atomic mass is 32.1. The van der Waals surface area contributed by atoms with Crippen LogP contribution in [0.3, 0.4) is 0 Å². The van der Waals surface area contributed by atoms with Crippen LogP contribution in [0.25, 0.3) is 10.2 Å². The topological polar surface area (TPSA) is 75.1 Å². The molecule has 0 radical (unpaired) electrons. The normalized spacial score (nSPS) is 13.3. The smallest absolute Gasteiger partial charge is 0.337 e. The number of nitrogens with zero attached hydrogens (tertiary/aromatic N) is 2. The van der Waals surface area contributed by atoms with Gasteiger partial charge in [0.15, 0.2) is 0 Å². The summed E-state index contributed by atoms with van der Waals surface area (Å²) in [5, 5.41) is 13.5. The minimum absolute atomic E-state index is 0.237. The Bertz CT molecular complexity index is 888. The van der Waals surface area contributed by atoms with Gasteiger partial charge in [0.2, 0.25) is 0 Å². The molecule has 110 valence electrons. The van der Waals surface area contributed by atoms with Crippen LogP contribution in [-0.4, -0.2) is 21.0 Å². The molecule has 2 N–H and O–H groups in total. The van der Waals surface area contributed by atoms with Crippen molar-refractivity contribution in [2.45, 2.75) is 19.3 Å². The van der Waals surface area contributed by atoms with Crippen LogP contribution in [0, 0.1) is 0 Å². The van der Waals surface area contributed by atoms with Gasteiger partial charge in [-0.25, -0.2) is 14.8 Å². The number of carboxylic acid groups (broad SMARTS) is 1. The zero-order valence-electron chi connectivity index (χ0n) is 11.7. The lowest BCUT2D eigenvalue weighted by Gasteiger charge is -2.10. The number of aryl methyl sites for hydroxylation is 2. The average molecular weight is 311 g/mol. The first kappa shape index (κ1) is 13.2. The zero-order valence-corrected chi connectivity index (χ0v) is 12.5. The number of aromatic nitrogens is 2. The van der Waals surface area contributed by atoms with Gasteiger partial charge < -0.3 is 10.4 Å². The van der Waals surface area contributed by atoms with Gasteiger partial charge in [-0.15, -0.1) is 11.3 Å². The molecule has 4 rings (SSSR count). The Labute approximate surface area is 130 Å². The molecule has 1 aliphatic carbocycles. The van der Waals surface area contributed by atoms with Crippen molar-refractivity contribution in [3.63, 3.8) is 0 Å². The van der Waals surface area contributed by atoms with Gasteiger partial charge in [0.1, 0.15) is 17.0 Å². The predicted molar refractivity (Wildman–Crippen MR) is 86.1 cm³/mol. The molecule has 0 fully saturated rings. The van der Waals surface area contributed by atoms with E-state index in [1.54, 1.807) is 29.5 Å². The summed E-state index contributed by atoms with van der Waals surface area (Å²) >= 11 is 1.71. The summed E-state index contributed by atoms with van der Waals surface area (Å²) in [7, 11) is 0. The van der Waals surface area contributed by atoms with E-state index < -0.39 is 5.97 Å². The van der Waals surface area contributed by atoms with Crippen LogP contribution in [-0.2, 0) is 12.8 Å². The molecule has 5 nitrogen and oxygen atoms in total. The number of para-hydroxylation sites is 1. The van der Waals surface area contributed by atoms with Crippen LogP contribution in [0.2, 0.25) is 0 Å². The summed E-state index contributed by atoms with van der Waals surface area (Å²) < 4.78 is 0. The molecule has 0 aliphatic heterocycles. The largest absolute Gasteiger partial charge is 0.478 e. The minimum atomic E-state index is -0.955. The summed E-state index contributed by atoms with van der Waals surface area (Å²) in [5.74, 6) is -0.262. The number of thiophene rings is 1. The molecule has 0 spiro atoms. The summed E-state index contributed by atoms with van der Waals surface area (Å²) in [6.07, 6.45) is 4.83. The van der Waals surface area contributed by atoms with Gasteiger partial charge in [0.25, 0.3) is 0 Å². The summed E-state index contributed by atoms with van der Waals surface area (Å²) in [5.41, 5.74) is 2.10. The molecule has 2 aromatic heterocycles. The van der Waals surface area contributed by atoms with Crippen LogP contribution >= 0.6 is 11.3 Å². The molecule has 1 aliphatic rings. The second-order valence-electron chi connectivity index (χ2n) is 5.24. The Morgan fingerprint density at radius 2 is 2.09 bits per heavy atom. The quantitative estimate of drug-likeness (QED) is 0.772. The van der Waals surface area contributed by atoms with Gasteiger partial charge >= 0.3 is 5.97 Å². The van der Waals surface area contributed by atoms with E-state index in [9.17, 15) is 9.90 Å². The second-order valence-corrected chi connectivity index (χ2v) is 6.32. The highest BCUT2D eigenvalue weighted by Crippen LogP contribution is 2.39. The van der Waals surface area contributed by atoms with E-state index in [1.807, 2.05) is 6.07 Å². The van der Waals surface area contributed by atoms with Crippen molar-refractivity contribution in [3.05, 3.63) is 46.6 Å². The van der Waals surface area contributed by atoms with Crippen LogP contribution < -0.4 is 5.32 Å². The van der Waals surface area contributed by atoms with E-state index in [1.165, 1.54) is 16.8 Å². The second kappa shape index (κ2) is 5.06. The van der Waals surface area contributed by atoms with E-state index in [-0.39, 0.29) is 5.56 Å². The first-order valence-electron chi connectivity index (χ1n) is 7.08. The molecule has 2 heterocycles. The van der Waals surface area contributed by atoms with E-state index in [0.717, 1.165) is 29.5 Å². The number of benzene rings is 1. The predicted octanol–water partition coefficient (Wildman–Crippen LogP) is 3.62. The average Bonchev–Trinajstić information content (AvgIpc) is 3.08. The van der Waals surface area contributed by atoms with E-state index >= 15 is 0 Å². The summed E-state index contributed by atoms with van der Waals surface area (Å²) in [4.78, 5) is 22.4. The Balaban J connectivity index is 1.84. The number of anilines is 2. The maximum Gasteiger partial charge on any atom is 0.337 e. The van der Waals surface area contributed by atoms with E-state index in [4.69, 9.17) is 0 Å². The fourth-order valence-corrected chi connectivity index (χ4v) is 4.16. The number of carbonyl (C=O) groups is 1. The third-order valence-corrected chi connectivity index (χ3v) is 5.11. The number of fused-ring (bicyclic) bond motifs is 3. The van der Waals surface area contributed by atoms with Crippen molar-refractivity contribution in [1.29, 1.82) is 0 Å². The molecule has 0 saturated heterocycles. The third kappa shape index (κ3) is 2.03. The van der Waals surface area contributed by atoms with Crippen LogP contribution in [0.4, 0.5) is 11.5 Å². The molecule has 3 aromatic rings. The maximum atomic E-state index is 11.3. The molecule has 1 aromatic carbocycles. The standard InChI is InChI=1S/C16H13N3O2S/c20-16(21)9-4-1-2-6-11(9)19-14-13-10-5-3-7-12(10)22-15(13)18-8-17-14/h1-2,4,6,8H,3,5,7H2,(H,20,21)(H,17,18,19). The van der Waals surface area contributed by atoms with Gasteiger partial charge in [-0.1, -0.05) is 12.1 Å². The molecular formula is C16H13N3O2S. The molecule has 22 heavy (non-hydrogen) atoms.